The standard InChI is InChI=1S/C15H20N4/c1-3-10-16-14-11-15(19-13(4-2)18-14)17-12-8-6-5-7-9-12/h5-9,11H,3-4,10H2,1-2H3,(H2,16,17,18,19). The monoisotopic (exact) mass is 256 g/mol. The van der Waals surface area contributed by atoms with Crippen LogP contribution in [0.5, 0.6) is 0 Å². The van der Waals surface area contributed by atoms with Gasteiger partial charge in [-0.1, -0.05) is 32.0 Å². The molecule has 1 aromatic heterocycles. The molecule has 2 aromatic rings. The maximum atomic E-state index is 4.49. The van der Waals surface area contributed by atoms with Crippen molar-refractivity contribution in [3.05, 3.63) is 42.2 Å². The highest BCUT2D eigenvalue weighted by molar-refractivity contribution is 5.59. The predicted molar refractivity (Wildman–Crippen MR) is 79.9 cm³/mol. The highest BCUT2D eigenvalue weighted by Crippen LogP contribution is 2.17. The highest BCUT2D eigenvalue weighted by atomic mass is 15.1. The Labute approximate surface area is 114 Å². The van der Waals surface area contributed by atoms with E-state index < -0.39 is 0 Å². The number of benzene rings is 1. The van der Waals surface area contributed by atoms with Gasteiger partial charge >= 0.3 is 0 Å². The van der Waals surface area contributed by atoms with Crippen LogP contribution in [0.1, 0.15) is 26.1 Å². The zero-order valence-corrected chi connectivity index (χ0v) is 11.5. The minimum Gasteiger partial charge on any atom is -0.370 e. The molecule has 100 valence electrons. The van der Waals surface area contributed by atoms with E-state index in [1.165, 1.54) is 0 Å². The quantitative estimate of drug-likeness (QED) is 0.829. The van der Waals surface area contributed by atoms with Crippen LogP contribution < -0.4 is 10.6 Å². The van der Waals surface area contributed by atoms with E-state index in [0.29, 0.717) is 0 Å². The summed E-state index contributed by atoms with van der Waals surface area (Å²) in [6.45, 7) is 5.12. The third kappa shape index (κ3) is 3.95. The van der Waals surface area contributed by atoms with Crippen LogP contribution in [-0.2, 0) is 6.42 Å². The lowest BCUT2D eigenvalue weighted by Gasteiger charge is -2.10. The van der Waals surface area contributed by atoms with Crippen LogP contribution in [0, 0.1) is 0 Å². The Morgan fingerprint density at radius 3 is 2.42 bits per heavy atom. The van der Waals surface area contributed by atoms with E-state index in [1.54, 1.807) is 0 Å². The first-order valence-corrected chi connectivity index (χ1v) is 6.75. The number of hydrogen-bond acceptors (Lipinski definition) is 4. The molecule has 0 saturated carbocycles. The third-order valence-corrected chi connectivity index (χ3v) is 2.69. The summed E-state index contributed by atoms with van der Waals surface area (Å²) in [4.78, 5) is 8.96. The number of aryl methyl sites for hydroxylation is 1. The molecule has 2 rings (SSSR count). The lowest BCUT2D eigenvalue weighted by molar-refractivity contribution is 0.919. The van der Waals surface area contributed by atoms with Gasteiger partial charge in [-0.05, 0) is 18.6 Å². The number of aromatic nitrogens is 2. The van der Waals surface area contributed by atoms with Crippen molar-refractivity contribution in [2.45, 2.75) is 26.7 Å². The Kier molecular flexibility index (Phi) is 4.72. The fourth-order valence-electron chi connectivity index (χ4n) is 1.73. The molecule has 0 aliphatic rings. The largest absolute Gasteiger partial charge is 0.370 e. The first kappa shape index (κ1) is 13.3. The van der Waals surface area contributed by atoms with Gasteiger partial charge in [-0.2, -0.15) is 0 Å². The highest BCUT2D eigenvalue weighted by Gasteiger charge is 2.03. The number of nitrogens with one attached hydrogen (secondary N) is 2. The van der Waals surface area contributed by atoms with E-state index in [-0.39, 0.29) is 0 Å². The second-order valence-corrected chi connectivity index (χ2v) is 4.33. The molecule has 4 nitrogen and oxygen atoms in total. The molecule has 0 aliphatic heterocycles. The molecule has 0 spiro atoms. The molecular formula is C15H20N4. The van der Waals surface area contributed by atoms with Crippen molar-refractivity contribution in [3.8, 4) is 0 Å². The topological polar surface area (TPSA) is 49.8 Å². The van der Waals surface area contributed by atoms with Gasteiger partial charge in [0, 0.05) is 24.7 Å². The van der Waals surface area contributed by atoms with Crippen molar-refractivity contribution in [3.63, 3.8) is 0 Å². The Hall–Kier alpha value is -2.10. The van der Waals surface area contributed by atoms with Crippen LogP contribution in [0.25, 0.3) is 0 Å². The van der Waals surface area contributed by atoms with E-state index in [2.05, 4.69) is 34.4 Å². The Balaban J connectivity index is 2.19. The van der Waals surface area contributed by atoms with Crippen LogP contribution in [-0.4, -0.2) is 16.5 Å². The van der Waals surface area contributed by atoms with Gasteiger partial charge in [0.15, 0.2) is 0 Å². The molecule has 0 unspecified atom stereocenters. The Morgan fingerprint density at radius 2 is 1.74 bits per heavy atom. The molecular weight excluding hydrogens is 236 g/mol. The summed E-state index contributed by atoms with van der Waals surface area (Å²) >= 11 is 0. The minimum atomic E-state index is 0.825. The molecule has 0 atom stereocenters. The number of hydrogen-bond donors (Lipinski definition) is 2. The van der Waals surface area contributed by atoms with Gasteiger partial charge < -0.3 is 10.6 Å². The molecule has 19 heavy (non-hydrogen) atoms. The number of nitrogens with zero attached hydrogens (tertiary/aromatic N) is 2. The molecule has 1 heterocycles. The van der Waals surface area contributed by atoms with Gasteiger partial charge in [-0.3, -0.25) is 0 Å². The summed E-state index contributed by atoms with van der Waals surface area (Å²) in [5, 5.41) is 6.61. The Bertz CT molecular complexity index is 511. The lowest BCUT2D eigenvalue weighted by atomic mass is 10.3. The predicted octanol–water partition coefficient (Wildman–Crippen LogP) is 3.60. The molecule has 0 bridgehead atoms. The van der Waals surface area contributed by atoms with Gasteiger partial charge in [0.05, 0.1) is 0 Å². The summed E-state index contributed by atoms with van der Waals surface area (Å²) < 4.78 is 0. The van der Waals surface area contributed by atoms with Crippen LogP contribution in [0.4, 0.5) is 17.3 Å². The fourth-order valence-corrected chi connectivity index (χ4v) is 1.73. The van der Waals surface area contributed by atoms with E-state index in [0.717, 1.165) is 42.5 Å². The number of rotatable bonds is 6. The molecule has 2 N–H and O–H groups in total. The van der Waals surface area contributed by atoms with Crippen LogP contribution in [0.2, 0.25) is 0 Å². The first-order valence-electron chi connectivity index (χ1n) is 6.75. The maximum Gasteiger partial charge on any atom is 0.136 e. The lowest BCUT2D eigenvalue weighted by Crippen LogP contribution is -2.06. The van der Waals surface area contributed by atoms with Crippen molar-refractivity contribution in [1.82, 2.24) is 9.97 Å². The second kappa shape index (κ2) is 6.73. The van der Waals surface area contributed by atoms with Crippen molar-refractivity contribution in [2.75, 3.05) is 17.2 Å². The SMILES string of the molecule is CCCNc1cc(Nc2ccccc2)nc(CC)n1. The molecule has 0 fully saturated rings. The number of para-hydroxylation sites is 1. The molecule has 0 aliphatic carbocycles. The van der Waals surface area contributed by atoms with Gasteiger partial charge in [-0.15, -0.1) is 0 Å². The van der Waals surface area contributed by atoms with Crippen molar-refractivity contribution in [2.24, 2.45) is 0 Å². The average molecular weight is 256 g/mol. The van der Waals surface area contributed by atoms with Crippen LogP contribution in [0.15, 0.2) is 36.4 Å². The van der Waals surface area contributed by atoms with Crippen molar-refractivity contribution >= 4 is 17.3 Å². The maximum absolute atomic E-state index is 4.49. The fraction of sp³-hybridized carbons (Fsp3) is 0.333. The number of anilines is 3. The molecule has 0 saturated heterocycles. The van der Waals surface area contributed by atoms with Crippen molar-refractivity contribution in [1.29, 1.82) is 0 Å². The van der Waals surface area contributed by atoms with E-state index in [4.69, 9.17) is 0 Å². The summed E-state index contributed by atoms with van der Waals surface area (Å²) in [5.74, 6) is 2.56. The van der Waals surface area contributed by atoms with Gasteiger partial charge in [-0.25, -0.2) is 9.97 Å². The summed E-state index contributed by atoms with van der Waals surface area (Å²) in [7, 11) is 0. The van der Waals surface area contributed by atoms with E-state index in [1.807, 2.05) is 36.4 Å². The van der Waals surface area contributed by atoms with Gasteiger partial charge in [0.1, 0.15) is 17.5 Å². The van der Waals surface area contributed by atoms with Gasteiger partial charge in [0.25, 0.3) is 0 Å². The summed E-state index contributed by atoms with van der Waals surface area (Å²) in [5.41, 5.74) is 1.03. The zero-order valence-electron chi connectivity index (χ0n) is 11.5. The Morgan fingerprint density at radius 1 is 1.00 bits per heavy atom. The first-order chi connectivity index (χ1) is 9.31. The summed E-state index contributed by atoms with van der Waals surface area (Å²) in [6, 6.07) is 12.0. The molecule has 0 radical (unpaired) electrons. The zero-order chi connectivity index (χ0) is 13.5. The van der Waals surface area contributed by atoms with Crippen LogP contribution in [0.3, 0.4) is 0 Å². The summed E-state index contributed by atoms with van der Waals surface area (Å²) in [6.07, 6.45) is 1.90. The molecule has 0 amide bonds. The average Bonchev–Trinajstić information content (AvgIpc) is 2.46. The van der Waals surface area contributed by atoms with Crippen molar-refractivity contribution < 1.29 is 0 Å². The molecule has 4 heteroatoms. The normalized spacial score (nSPS) is 10.2. The van der Waals surface area contributed by atoms with E-state index in [9.17, 15) is 0 Å². The van der Waals surface area contributed by atoms with E-state index >= 15 is 0 Å². The third-order valence-electron chi connectivity index (χ3n) is 2.69. The molecule has 1 aromatic carbocycles. The van der Waals surface area contributed by atoms with Gasteiger partial charge in [0.2, 0.25) is 0 Å². The smallest absolute Gasteiger partial charge is 0.136 e. The second-order valence-electron chi connectivity index (χ2n) is 4.33. The van der Waals surface area contributed by atoms with Crippen LogP contribution >= 0.6 is 0 Å². The minimum absolute atomic E-state index is 0.825.